The fraction of sp³-hybridized carbons (Fsp3) is 0.278. The number of anilines is 3. The van der Waals surface area contributed by atoms with Crippen molar-refractivity contribution in [2.45, 2.75) is 26.7 Å². The fourth-order valence-electron chi connectivity index (χ4n) is 2.42. The number of nitrogens with one attached hydrogen (secondary N) is 1. The average Bonchev–Trinajstić information content (AvgIpc) is 3.08. The Bertz CT molecular complexity index is 860. The molecule has 0 spiro atoms. The number of hydrogen-bond acceptors (Lipinski definition) is 5. The molecule has 0 saturated carbocycles. The molecule has 0 bridgehead atoms. The molecule has 6 nitrogen and oxygen atoms in total. The molecule has 0 amide bonds. The molecule has 1 N–H and O–H groups in total. The van der Waals surface area contributed by atoms with Crippen molar-refractivity contribution in [1.29, 1.82) is 0 Å². The number of rotatable bonds is 6. The number of aromatic nitrogens is 4. The van der Waals surface area contributed by atoms with Gasteiger partial charge in [-0.3, -0.25) is 5.43 Å². The number of benzene rings is 1. The van der Waals surface area contributed by atoms with E-state index in [2.05, 4.69) is 34.3 Å². The summed E-state index contributed by atoms with van der Waals surface area (Å²) in [5, 5.41) is 4.95. The third-order valence-electron chi connectivity index (χ3n) is 3.92. The Hall–Kier alpha value is -2.60. The Kier molecular flexibility index (Phi) is 5.19. The predicted molar refractivity (Wildman–Crippen MR) is 102 cm³/mol. The maximum absolute atomic E-state index is 6.30. The van der Waals surface area contributed by atoms with Gasteiger partial charge in [0.25, 0.3) is 0 Å². The van der Waals surface area contributed by atoms with E-state index in [4.69, 9.17) is 11.6 Å². The molecule has 0 aliphatic heterocycles. The molecule has 2 aromatic heterocycles. The molecule has 3 rings (SSSR count). The molecule has 1 aromatic carbocycles. The Labute approximate surface area is 152 Å². The standard InChI is InChI=1S/C18H21ClN6/c1-4-13-11-20-25(12-13)23-17-10-14(5-2)21-18(22-17)24(3)16-9-7-6-8-15(16)19/h6-12H,4-5H2,1-3H3,(H,21,22,23). The van der Waals surface area contributed by atoms with Crippen LogP contribution in [0, 0.1) is 0 Å². The van der Waals surface area contributed by atoms with Gasteiger partial charge < -0.3 is 4.90 Å². The highest BCUT2D eigenvalue weighted by Gasteiger charge is 2.13. The van der Waals surface area contributed by atoms with E-state index in [0.29, 0.717) is 16.8 Å². The topological polar surface area (TPSA) is 58.9 Å². The summed E-state index contributed by atoms with van der Waals surface area (Å²) >= 11 is 6.30. The summed E-state index contributed by atoms with van der Waals surface area (Å²) in [6.45, 7) is 4.16. The van der Waals surface area contributed by atoms with Crippen molar-refractivity contribution in [1.82, 2.24) is 19.9 Å². The summed E-state index contributed by atoms with van der Waals surface area (Å²) in [6, 6.07) is 9.57. The zero-order valence-corrected chi connectivity index (χ0v) is 15.3. The zero-order valence-electron chi connectivity index (χ0n) is 14.6. The molecule has 130 valence electrons. The minimum absolute atomic E-state index is 0.581. The van der Waals surface area contributed by atoms with Crippen LogP contribution in [-0.4, -0.2) is 26.9 Å². The van der Waals surface area contributed by atoms with Gasteiger partial charge in [-0.05, 0) is 30.5 Å². The molecule has 25 heavy (non-hydrogen) atoms. The summed E-state index contributed by atoms with van der Waals surface area (Å²) in [5.41, 5.74) is 6.14. The largest absolute Gasteiger partial charge is 0.312 e. The summed E-state index contributed by atoms with van der Waals surface area (Å²) in [6.07, 6.45) is 5.53. The second-order valence-electron chi connectivity index (χ2n) is 5.67. The highest BCUT2D eigenvalue weighted by Crippen LogP contribution is 2.29. The van der Waals surface area contributed by atoms with Crippen LogP contribution in [0.1, 0.15) is 25.1 Å². The second kappa shape index (κ2) is 7.53. The van der Waals surface area contributed by atoms with E-state index in [1.54, 1.807) is 4.79 Å². The van der Waals surface area contributed by atoms with Crippen molar-refractivity contribution in [2.24, 2.45) is 0 Å². The molecule has 0 radical (unpaired) electrons. The molecular weight excluding hydrogens is 336 g/mol. The van der Waals surface area contributed by atoms with E-state index in [1.165, 1.54) is 0 Å². The van der Waals surface area contributed by atoms with Gasteiger partial charge >= 0.3 is 0 Å². The van der Waals surface area contributed by atoms with Gasteiger partial charge in [-0.2, -0.15) is 14.9 Å². The summed E-state index contributed by atoms with van der Waals surface area (Å²) in [5.74, 6) is 1.27. The number of halogens is 1. The highest BCUT2D eigenvalue weighted by atomic mass is 35.5. The molecule has 3 aromatic rings. The lowest BCUT2D eigenvalue weighted by atomic mass is 10.3. The second-order valence-corrected chi connectivity index (χ2v) is 6.07. The first-order valence-corrected chi connectivity index (χ1v) is 8.65. The van der Waals surface area contributed by atoms with Gasteiger partial charge in [0.15, 0.2) is 5.82 Å². The smallest absolute Gasteiger partial charge is 0.231 e. The minimum Gasteiger partial charge on any atom is -0.312 e. The van der Waals surface area contributed by atoms with Gasteiger partial charge in [0.1, 0.15) is 0 Å². The Balaban J connectivity index is 1.93. The van der Waals surface area contributed by atoms with Crippen molar-refractivity contribution >= 4 is 29.1 Å². The van der Waals surface area contributed by atoms with Gasteiger partial charge in [-0.25, -0.2) is 4.98 Å². The predicted octanol–water partition coefficient (Wildman–Crippen LogP) is 4.09. The normalized spacial score (nSPS) is 10.7. The van der Waals surface area contributed by atoms with Crippen LogP contribution in [0.3, 0.4) is 0 Å². The number of para-hydroxylation sites is 1. The van der Waals surface area contributed by atoms with Crippen molar-refractivity contribution in [3.63, 3.8) is 0 Å². The lowest BCUT2D eigenvalue weighted by Crippen LogP contribution is -2.17. The number of aryl methyl sites for hydroxylation is 2. The van der Waals surface area contributed by atoms with Crippen LogP contribution in [0.15, 0.2) is 42.7 Å². The molecule has 0 fully saturated rings. The maximum atomic E-state index is 6.30. The van der Waals surface area contributed by atoms with E-state index < -0.39 is 0 Å². The van der Waals surface area contributed by atoms with Gasteiger partial charge in [0, 0.05) is 18.8 Å². The van der Waals surface area contributed by atoms with Crippen molar-refractivity contribution in [2.75, 3.05) is 17.4 Å². The fourth-order valence-corrected chi connectivity index (χ4v) is 2.69. The summed E-state index contributed by atoms with van der Waals surface area (Å²) in [7, 11) is 1.91. The molecular formula is C18H21ClN6. The quantitative estimate of drug-likeness (QED) is 0.720. The van der Waals surface area contributed by atoms with Crippen molar-refractivity contribution in [3.05, 3.63) is 59.0 Å². The van der Waals surface area contributed by atoms with E-state index in [9.17, 15) is 0 Å². The first kappa shape index (κ1) is 17.2. The molecule has 0 unspecified atom stereocenters. The lowest BCUT2D eigenvalue weighted by Gasteiger charge is -2.20. The maximum Gasteiger partial charge on any atom is 0.231 e. The molecule has 0 aliphatic carbocycles. The van der Waals surface area contributed by atoms with Crippen LogP contribution in [0.2, 0.25) is 5.02 Å². The van der Waals surface area contributed by atoms with Crippen LogP contribution in [0.4, 0.5) is 17.5 Å². The third-order valence-corrected chi connectivity index (χ3v) is 4.24. The van der Waals surface area contributed by atoms with E-state index in [1.807, 2.05) is 54.7 Å². The zero-order chi connectivity index (χ0) is 17.8. The lowest BCUT2D eigenvalue weighted by molar-refractivity contribution is 0.791. The van der Waals surface area contributed by atoms with Gasteiger partial charge in [-0.1, -0.05) is 37.6 Å². The molecule has 0 atom stereocenters. The van der Waals surface area contributed by atoms with E-state index >= 15 is 0 Å². The van der Waals surface area contributed by atoms with Crippen LogP contribution in [-0.2, 0) is 12.8 Å². The molecule has 0 saturated heterocycles. The van der Waals surface area contributed by atoms with Crippen LogP contribution in [0.5, 0.6) is 0 Å². The monoisotopic (exact) mass is 356 g/mol. The highest BCUT2D eigenvalue weighted by molar-refractivity contribution is 6.33. The minimum atomic E-state index is 0.581. The van der Waals surface area contributed by atoms with Crippen molar-refractivity contribution < 1.29 is 0 Å². The SMILES string of the molecule is CCc1cnn(Nc2cc(CC)nc(N(C)c3ccccc3Cl)n2)c1. The third kappa shape index (κ3) is 3.91. The van der Waals surface area contributed by atoms with Crippen LogP contribution in [0.25, 0.3) is 0 Å². The van der Waals surface area contributed by atoms with Crippen LogP contribution < -0.4 is 10.3 Å². The van der Waals surface area contributed by atoms with Gasteiger partial charge in [0.2, 0.25) is 5.95 Å². The molecule has 2 heterocycles. The average molecular weight is 357 g/mol. The first-order chi connectivity index (χ1) is 12.1. The van der Waals surface area contributed by atoms with Crippen LogP contribution >= 0.6 is 11.6 Å². The first-order valence-electron chi connectivity index (χ1n) is 8.27. The molecule has 0 aliphatic rings. The number of hydrogen-bond donors (Lipinski definition) is 1. The Morgan fingerprint density at radius 1 is 1.16 bits per heavy atom. The van der Waals surface area contributed by atoms with Gasteiger partial charge in [0.05, 0.1) is 23.1 Å². The van der Waals surface area contributed by atoms with E-state index in [-0.39, 0.29) is 0 Å². The molecule has 7 heteroatoms. The Morgan fingerprint density at radius 3 is 2.64 bits per heavy atom. The summed E-state index contributed by atoms with van der Waals surface area (Å²) < 4.78 is 0. The van der Waals surface area contributed by atoms with Crippen molar-refractivity contribution in [3.8, 4) is 0 Å². The van der Waals surface area contributed by atoms with Gasteiger partial charge in [-0.15, -0.1) is 0 Å². The summed E-state index contributed by atoms with van der Waals surface area (Å²) in [4.78, 5) is 12.8. The number of nitrogens with zero attached hydrogens (tertiary/aromatic N) is 5. The van der Waals surface area contributed by atoms with E-state index in [0.717, 1.165) is 29.8 Å². The Morgan fingerprint density at radius 2 is 1.96 bits per heavy atom.